The van der Waals surface area contributed by atoms with Gasteiger partial charge in [0.05, 0.1) is 27.2 Å². The third-order valence-corrected chi connectivity index (χ3v) is 4.10. The van der Waals surface area contributed by atoms with E-state index in [-0.39, 0.29) is 5.91 Å². The highest BCUT2D eigenvalue weighted by Crippen LogP contribution is 2.30. The van der Waals surface area contributed by atoms with Gasteiger partial charge in [-0.05, 0) is 37.1 Å². The van der Waals surface area contributed by atoms with Crippen molar-refractivity contribution in [2.45, 2.75) is 26.8 Å². The van der Waals surface area contributed by atoms with E-state index in [9.17, 15) is 4.79 Å². The zero-order valence-corrected chi connectivity index (χ0v) is 15.2. The molecule has 0 saturated carbocycles. The van der Waals surface area contributed by atoms with Gasteiger partial charge in [-0.3, -0.25) is 4.79 Å². The molecule has 2 aromatic rings. The predicted molar refractivity (Wildman–Crippen MR) is 97.4 cm³/mol. The average Bonchev–Trinajstić information content (AvgIpc) is 2.63. The fraction of sp³-hybridized carbons (Fsp3) is 0.350. The van der Waals surface area contributed by atoms with Gasteiger partial charge in [-0.2, -0.15) is 0 Å². The first kappa shape index (κ1) is 18.6. The zero-order chi connectivity index (χ0) is 18.2. The summed E-state index contributed by atoms with van der Waals surface area (Å²) in [6, 6.07) is 11.5. The lowest BCUT2D eigenvalue weighted by Crippen LogP contribution is -2.24. The molecule has 0 radical (unpaired) electrons. The van der Waals surface area contributed by atoms with Crippen molar-refractivity contribution >= 4 is 5.91 Å². The van der Waals surface area contributed by atoms with Gasteiger partial charge in [0.1, 0.15) is 5.75 Å². The van der Waals surface area contributed by atoms with Crippen LogP contribution in [0.15, 0.2) is 36.4 Å². The smallest absolute Gasteiger partial charge is 0.223 e. The summed E-state index contributed by atoms with van der Waals surface area (Å²) in [4.78, 5) is 12.0. The van der Waals surface area contributed by atoms with E-state index in [1.807, 2.05) is 50.2 Å². The molecule has 1 N–H and O–H groups in total. The fourth-order valence-electron chi connectivity index (χ4n) is 2.51. The van der Waals surface area contributed by atoms with Crippen molar-refractivity contribution < 1.29 is 19.0 Å². The van der Waals surface area contributed by atoms with Crippen molar-refractivity contribution in [3.63, 3.8) is 0 Å². The summed E-state index contributed by atoms with van der Waals surface area (Å²) in [5, 5.41) is 2.88. The van der Waals surface area contributed by atoms with Crippen LogP contribution in [0.25, 0.3) is 0 Å². The first-order valence-electron chi connectivity index (χ1n) is 8.22. The highest BCUT2D eigenvalue weighted by atomic mass is 16.5. The Bertz CT molecular complexity index is 728. The number of nitrogens with one attached hydrogen (secondary N) is 1. The van der Waals surface area contributed by atoms with E-state index >= 15 is 0 Å². The maximum absolute atomic E-state index is 12.0. The number of amides is 1. The van der Waals surface area contributed by atoms with Crippen LogP contribution in [-0.4, -0.2) is 26.7 Å². The number of carbonyl (C=O) groups excluding carboxylic acids is 1. The molecule has 2 rings (SSSR count). The van der Waals surface area contributed by atoms with Crippen molar-refractivity contribution in [2.75, 3.05) is 20.8 Å². The van der Waals surface area contributed by atoms with Gasteiger partial charge in [0.25, 0.3) is 0 Å². The van der Waals surface area contributed by atoms with Crippen LogP contribution in [0, 0.1) is 13.8 Å². The molecule has 0 unspecified atom stereocenters. The Labute approximate surface area is 148 Å². The molecule has 25 heavy (non-hydrogen) atoms. The van der Waals surface area contributed by atoms with Gasteiger partial charge < -0.3 is 19.5 Å². The fourth-order valence-corrected chi connectivity index (χ4v) is 2.51. The quantitative estimate of drug-likeness (QED) is 0.798. The SMILES string of the molecule is COc1cccc(CNC(=O)CCOc2cccc(C)c2C)c1OC. The normalized spacial score (nSPS) is 10.2. The summed E-state index contributed by atoms with van der Waals surface area (Å²) < 4.78 is 16.3. The number of carbonyl (C=O) groups is 1. The summed E-state index contributed by atoms with van der Waals surface area (Å²) in [6.07, 6.45) is 0.291. The zero-order valence-electron chi connectivity index (χ0n) is 15.2. The van der Waals surface area contributed by atoms with E-state index in [0.29, 0.717) is 31.1 Å². The monoisotopic (exact) mass is 343 g/mol. The molecular formula is C20H25NO4. The van der Waals surface area contributed by atoms with Gasteiger partial charge in [0.2, 0.25) is 5.91 Å². The molecule has 1 amide bonds. The van der Waals surface area contributed by atoms with Gasteiger partial charge in [-0.15, -0.1) is 0 Å². The molecule has 5 heteroatoms. The summed E-state index contributed by atoms with van der Waals surface area (Å²) in [6.45, 7) is 4.77. The van der Waals surface area contributed by atoms with Crippen LogP contribution >= 0.6 is 0 Å². The van der Waals surface area contributed by atoms with E-state index in [1.165, 1.54) is 5.56 Å². The first-order chi connectivity index (χ1) is 12.1. The number of rotatable bonds is 8. The second-order valence-electron chi connectivity index (χ2n) is 5.73. The number of methoxy groups -OCH3 is 2. The number of hydrogen-bond donors (Lipinski definition) is 1. The number of ether oxygens (including phenoxy) is 3. The van der Waals surface area contributed by atoms with Gasteiger partial charge >= 0.3 is 0 Å². The molecule has 0 aliphatic carbocycles. The van der Waals surface area contributed by atoms with Crippen molar-refractivity contribution in [1.29, 1.82) is 0 Å². The standard InChI is InChI=1S/C20H25NO4/c1-14-7-5-9-17(15(14)2)25-12-11-19(22)21-13-16-8-6-10-18(23-3)20(16)24-4/h5-10H,11-13H2,1-4H3,(H,21,22). The average molecular weight is 343 g/mol. The van der Waals surface area contributed by atoms with Crippen molar-refractivity contribution in [3.05, 3.63) is 53.1 Å². The van der Waals surface area contributed by atoms with Crippen LogP contribution in [0.4, 0.5) is 0 Å². The van der Waals surface area contributed by atoms with Crippen molar-refractivity contribution in [2.24, 2.45) is 0 Å². The van der Waals surface area contributed by atoms with Crippen molar-refractivity contribution in [1.82, 2.24) is 5.32 Å². The maximum atomic E-state index is 12.0. The van der Waals surface area contributed by atoms with Crippen molar-refractivity contribution in [3.8, 4) is 17.2 Å². The maximum Gasteiger partial charge on any atom is 0.223 e. The first-order valence-corrected chi connectivity index (χ1v) is 8.22. The van der Waals surface area contributed by atoms with Gasteiger partial charge in [0, 0.05) is 12.1 Å². The van der Waals surface area contributed by atoms with Gasteiger partial charge in [-0.25, -0.2) is 0 Å². The second kappa shape index (κ2) is 8.97. The van der Waals surface area contributed by atoms with E-state index < -0.39 is 0 Å². The third-order valence-electron chi connectivity index (χ3n) is 4.10. The Morgan fingerprint density at radius 3 is 2.44 bits per heavy atom. The van der Waals surface area contributed by atoms with E-state index in [0.717, 1.165) is 16.9 Å². The molecule has 0 aliphatic rings. The van der Waals surface area contributed by atoms with Crippen LogP contribution in [0.2, 0.25) is 0 Å². The molecule has 134 valence electrons. The summed E-state index contributed by atoms with van der Waals surface area (Å²) in [5.41, 5.74) is 3.14. The minimum atomic E-state index is -0.0739. The summed E-state index contributed by atoms with van der Waals surface area (Å²) in [5.74, 6) is 2.03. The second-order valence-corrected chi connectivity index (χ2v) is 5.73. The molecule has 0 aromatic heterocycles. The lowest BCUT2D eigenvalue weighted by atomic mass is 10.1. The Kier molecular flexibility index (Phi) is 6.69. The van der Waals surface area contributed by atoms with E-state index in [1.54, 1.807) is 14.2 Å². The molecule has 5 nitrogen and oxygen atoms in total. The Morgan fingerprint density at radius 1 is 1.00 bits per heavy atom. The minimum absolute atomic E-state index is 0.0739. The topological polar surface area (TPSA) is 56.8 Å². The lowest BCUT2D eigenvalue weighted by Gasteiger charge is -2.13. The van der Waals surface area contributed by atoms with Crippen LogP contribution in [0.5, 0.6) is 17.2 Å². The van der Waals surface area contributed by atoms with Crippen LogP contribution in [0.3, 0.4) is 0 Å². The molecular weight excluding hydrogens is 318 g/mol. The molecule has 0 aliphatic heterocycles. The van der Waals surface area contributed by atoms with Gasteiger partial charge in [0.15, 0.2) is 11.5 Å². The molecule has 2 aromatic carbocycles. The number of hydrogen-bond acceptors (Lipinski definition) is 4. The molecule has 0 spiro atoms. The van der Waals surface area contributed by atoms with Crippen LogP contribution in [-0.2, 0) is 11.3 Å². The third kappa shape index (κ3) is 4.89. The Morgan fingerprint density at radius 2 is 1.72 bits per heavy atom. The Hall–Kier alpha value is -2.69. The molecule has 0 bridgehead atoms. The number of para-hydroxylation sites is 1. The molecule has 0 saturated heterocycles. The predicted octanol–water partition coefficient (Wildman–Crippen LogP) is 3.41. The minimum Gasteiger partial charge on any atom is -0.493 e. The van der Waals surface area contributed by atoms with Crippen LogP contribution in [0.1, 0.15) is 23.1 Å². The summed E-state index contributed by atoms with van der Waals surface area (Å²) in [7, 11) is 3.17. The van der Waals surface area contributed by atoms with E-state index in [4.69, 9.17) is 14.2 Å². The highest BCUT2D eigenvalue weighted by Gasteiger charge is 2.11. The number of aryl methyl sites for hydroxylation is 1. The van der Waals surface area contributed by atoms with Gasteiger partial charge in [-0.1, -0.05) is 24.3 Å². The Balaban J connectivity index is 1.84. The largest absolute Gasteiger partial charge is 0.493 e. The summed E-state index contributed by atoms with van der Waals surface area (Å²) >= 11 is 0. The van der Waals surface area contributed by atoms with E-state index in [2.05, 4.69) is 5.32 Å². The molecule has 0 fully saturated rings. The highest BCUT2D eigenvalue weighted by molar-refractivity contribution is 5.76. The molecule has 0 atom stereocenters. The van der Waals surface area contributed by atoms with Crippen LogP contribution < -0.4 is 19.5 Å². The molecule has 0 heterocycles. The number of benzene rings is 2. The lowest BCUT2D eigenvalue weighted by molar-refractivity contribution is -0.121.